The maximum atomic E-state index is 7.42. The zero-order valence-corrected chi connectivity index (χ0v) is 11.9. The lowest BCUT2D eigenvalue weighted by Gasteiger charge is -2.18. The maximum Gasteiger partial charge on any atom is 0.337 e. The van der Waals surface area contributed by atoms with Gasteiger partial charge in [0.25, 0.3) is 11.8 Å². The van der Waals surface area contributed by atoms with Crippen LogP contribution in [0.4, 0.5) is 11.5 Å². The van der Waals surface area contributed by atoms with Crippen molar-refractivity contribution in [3.8, 4) is 0 Å². The van der Waals surface area contributed by atoms with Crippen molar-refractivity contribution in [3.05, 3.63) is 18.3 Å². The summed E-state index contributed by atoms with van der Waals surface area (Å²) in [5.74, 6) is 1.60. The van der Waals surface area contributed by atoms with E-state index in [9.17, 15) is 0 Å². The summed E-state index contributed by atoms with van der Waals surface area (Å²) in [5.41, 5.74) is 5.15. The standard InChI is InChI=1S/C10H15N6.CH4N2O/c1-14(2)10(15(3)4)16-8-6-5-7-11-9(8)12-13-16;2-1(3)4/h5-7H,1-4H3;(H4,2,3,4)/q+1;. The van der Waals surface area contributed by atoms with Gasteiger partial charge in [-0.1, -0.05) is 4.68 Å². The molecule has 0 bridgehead atoms. The van der Waals surface area contributed by atoms with Crippen LogP contribution in [0.1, 0.15) is 0 Å². The summed E-state index contributed by atoms with van der Waals surface area (Å²) in [6.45, 7) is 0. The molecule has 0 fully saturated rings. The summed E-state index contributed by atoms with van der Waals surface area (Å²) in [4.78, 5) is 8.13. The first-order chi connectivity index (χ1) is 9.34. The highest BCUT2D eigenvalue weighted by Gasteiger charge is 2.26. The molecule has 1 aliphatic heterocycles. The topological polar surface area (TPSA) is 117 Å². The van der Waals surface area contributed by atoms with E-state index in [-0.39, 0.29) is 0 Å². The third kappa shape index (κ3) is 3.64. The molecule has 1 aromatic heterocycles. The molecule has 0 radical (unpaired) electrons. The number of pyridine rings is 1. The second kappa shape index (κ2) is 6.45. The number of nitrogens with one attached hydrogen (secondary N) is 1. The van der Waals surface area contributed by atoms with Gasteiger partial charge in [-0.15, -0.1) is 0 Å². The van der Waals surface area contributed by atoms with Crippen molar-refractivity contribution in [2.45, 2.75) is 0 Å². The van der Waals surface area contributed by atoms with Crippen LogP contribution in [0.15, 0.2) is 28.7 Å². The Labute approximate surface area is 117 Å². The lowest BCUT2D eigenvalue weighted by molar-refractivity contribution is -0.458. The molecular formula is C11H19N8O+. The zero-order valence-electron chi connectivity index (χ0n) is 11.9. The second-order valence-electron chi connectivity index (χ2n) is 4.32. The molecular weight excluding hydrogens is 260 g/mol. The number of nitrogens with zero attached hydrogens (tertiary/aromatic N) is 6. The number of amidine groups is 1. The second-order valence-corrected chi connectivity index (χ2v) is 4.32. The molecule has 0 spiro atoms. The average Bonchev–Trinajstić information content (AvgIpc) is 2.72. The Hall–Kier alpha value is -2.71. The summed E-state index contributed by atoms with van der Waals surface area (Å²) in [6, 6.07) is 3.00. The van der Waals surface area contributed by atoms with Gasteiger partial charge in [-0.25, -0.2) is 4.98 Å². The molecule has 9 nitrogen and oxygen atoms in total. The molecule has 0 amide bonds. The van der Waals surface area contributed by atoms with E-state index in [0.29, 0.717) is 5.82 Å². The fourth-order valence-corrected chi connectivity index (χ4v) is 1.69. The molecule has 0 aliphatic carbocycles. The number of nitrogens with two attached hydrogens (primary N) is 1. The Morgan fingerprint density at radius 2 is 1.85 bits per heavy atom. The number of fused-ring (bicyclic) bond motifs is 1. The molecule has 0 unspecified atom stereocenters. The Morgan fingerprint density at radius 1 is 1.30 bits per heavy atom. The van der Waals surface area contributed by atoms with E-state index in [2.05, 4.69) is 21.1 Å². The van der Waals surface area contributed by atoms with Gasteiger partial charge in [0.15, 0.2) is 5.69 Å². The van der Waals surface area contributed by atoms with Crippen LogP contribution in [0, 0.1) is 5.41 Å². The Kier molecular flexibility index (Phi) is 4.95. The van der Waals surface area contributed by atoms with Crippen molar-refractivity contribution < 1.29 is 9.79 Å². The predicted molar refractivity (Wildman–Crippen MR) is 75.6 cm³/mol. The van der Waals surface area contributed by atoms with Crippen LogP contribution in [-0.2, 0) is 0 Å². The van der Waals surface area contributed by atoms with Crippen LogP contribution in [0.5, 0.6) is 0 Å². The van der Waals surface area contributed by atoms with Crippen LogP contribution >= 0.6 is 0 Å². The van der Waals surface area contributed by atoms with Crippen molar-refractivity contribution in [1.29, 1.82) is 5.41 Å². The van der Waals surface area contributed by atoms with Gasteiger partial charge in [0.2, 0.25) is 0 Å². The summed E-state index contributed by atoms with van der Waals surface area (Å²) in [7, 11) is 7.89. The third-order valence-electron chi connectivity index (χ3n) is 2.21. The van der Waals surface area contributed by atoms with E-state index in [1.807, 2.05) is 50.1 Å². The molecule has 1 aliphatic rings. The van der Waals surface area contributed by atoms with E-state index >= 15 is 0 Å². The van der Waals surface area contributed by atoms with Gasteiger partial charge >= 0.3 is 5.96 Å². The van der Waals surface area contributed by atoms with Crippen molar-refractivity contribution in [1.82, 2.24) is 14.8 Å². The number of aliphatic hydroxyl groups is 1. The summed E-state index contributed by atoms with van der Waals surface area (Å²) in [6.07, 6.45) is 1.71. The van der Waals surface area contributed by atoms with Gasteiger partial charge in [-0.05, 0) is 17.2 Å². The highest BCUT2D eigenvalue weighted by molar-refractivity contribution is 5.76. The van der Waals surface area contributed by atoms with Gasteiger partial charge in [-0.2, -0.15) is 0 Å². The van der Waals surface area contributed by atoms with Crippen molar-refractivity contribution in [3.63, 3.8) is 0 Å². The monoisotopic (exact) mass is 279 g/mol. The Bertz CT molecular complexity index is 535. The number of guanidine groups is 1. The van der Waals surface area contributed by atoms with Gasteiger partial charge in [-0.3, -0.25) is 15.2 Å². The molecule has 0 saturated heterocycles. The zero-order chi connectivity index (χ0) is 15.3. The van der Waals surface area contributed by atoms with Crippen LogP contribution in [0.3, 0.4) is 0 Å². The molecule has 0 atom stereocenters. The van der Waals surface area contributed by atoms with Crippen molar-refractivity contribution in [2.24, 2.45) is 16.1 Å². The van der Waals surface area contributed by atoms with Crippen LogP contribution in [0.25, 0.3) is 0 Å². The minimum atomic E-state index is -0.833. The quantitative estimate of drug-likeness (QED) is 0.366. The summed E-state index contributed by atoms with van der Waals surface area (Å²) < 4.78 is 1.78. The highest BCUT2D eigenvalue weighted by Crippen LogP contribution is 2.31. The fourth-order valence-electron chi connectivity index (χ4n) is 1.69. The number of aromatic nitrogens is 1. The van der Waals surface area contributed by atoms with Crippen LogP contribution in [0.2, 0.25) is 0 Å². The lowest BCUT2D eigenvalue weighted by Crippen LogP contribution is -2.40. The summed E-state index contributed by atoms with van der Waals surface area (Å²) in [5, 5.41) is 21.4. The molecule has 1 aromatic rings. The third-order valence-corrected chi connectivity index (χ3v) is 2.21. The number of aliphatic hydroxyl groups excluding tert-OH is 1. The first-order valence-electron chi connectivity index (χ1n) is 5.76. The van der Waals surface area contributed by atoms with Crippen molar-refractivity contribution >= 4 is 23.5 Å². The first-order valence-corrected chi connectivity index (χ1v) is 5.76. The number of hydrogen-bond donors (Lipinski definition) is 3. The normalized spacial score (nSPS) is 11.3. The Morgan fingerprint density at radius 3 is 2.35 bits per heavy atom. The highest BCUT2D eigenvalue weighted by atomic mass is 16.3. The van der Waals surface area contributed by atoms with Gasteiger partial charge in [0.1, 0.15) is 0 Å². The molecule has 108 valence electrons. The molecule has 20 heavy (non-hydrogen) atoms. The molecule has 0 aromatic carbocycles. The average molecular weight is 279 g/mol. The molecule has 2 heterocycles. The SMILES string of the molecule is CN(C)C(N(C)C)=[N+]1N=Nc2ncccc21.N=C(N)O. The maximum absolute atomic E-state index is 7.42. The smallest absolute Gasteiger partial charge is 0.337 e. The van der Waals surface area contributed by atoms with Crippen LogP contribution < -0.4 is 5.73 Å². The van der Waals surface area contributed by atoms with Gasteiger partial charge in [0.05, 0.1) is 0 Å². The van der Waals surface area contributed by atoms with E-state index in [1.165, 1.54) is 0 Å². The van der Waals surface area contributed by atoms with E-state index < -0.39 is 6.02 Å². The molecule has 0 saturated carbocycles. The predicted octanol–water partition coefficient (Wildman–Crippen LogP) is 0.655. The molecule has 2 rings (SSSR count). The summed E-state index contributed by atoms with van der Waals surface area (Å²) >= 11 is 0. The van der Waals surface area contributed by atoms with E-state index in [4.69, 9.17) is 10.5 Å². The molecule has 4 N–H and O–H groups in total. The largest absolute Gasteiger partial charge is 0.481 e. The van der Waals surface area contributed by atoms with E-state index in [1.54, 1.807) is 10.9 Å². The fraction of sp³-hybridized carbons (Fsp3) is 0.364. The van der Waals surface area contributed by atoms with Crippen molar-refractivity contribution in [2.75, 3.05) is 28.2 Å². The molecule has 9 heteroatoms. The lowest BCUT2D eigenvalue weighted by atomic mass is 10.4. The number of rotatable bonds is 0. The van der Waals surface area contributed by atoms with E-state index in [0.717, 1.165) is 11.6 Å². The van der Waals surface area contributed by atoms with Gasteiger partial charge < -0.3 is 10.8 Å². The Balaban J connectivity index is 0.000000444. The number of hydrogen-bond acceptors (Lipinski definition) is 4. The minimum absolute atomic E-state index is 0.656. The van der Waals surface area contributed by atoms with Gasteiger partial charge in [0, 0.05) is 39.6 Å². The van der Waals surface area contributed by atoms with Crippen LogP contribution in [-0.4, -0.2) is 64.7 Å². The minimum Gasteiger partial charge on any atom is -0.481 e. The first kappa shape index (κ1) is 15.3.